The minimum absolute atomic E-state index is 0.141. The molecule has 0 aromatic carbocycles. The van der Waals surface area contributed by atoms with Crippen molar-refractivity contribution >= 4 is 0 Å². The molecule has 4 atom stereocenters. The monoisotopic (exact) mass is 414 g/mol. The molecule has 4 aliphatic carbocycles. The van der Waals surface area contributed by atoms with Gasteiger partial charge in [0.05, 0.1) is 51.5 Å². The Bertz CT molecular complexity index is 613. The molecule has 3 fully saturated rings. The molecular formula is C26H38O4. The van der Waals surface area contributed by atoms with Gasteiger partial charge in [0.25, 0.3) is 0 Å². The van der Waals surface area contributed by atoms with Crippen molar-refractivity contribution in [1.29, 1.82) is 0 Å². The SMILES string of the molecule is C=COCC1(COC=C)CC2C=CC1C2.C=COCC1(COC=C)CC2CCC1C2. The Balaban J connectivity index is 0.000000171. The summed E-state index contributed by atoms with van der Waals surface area (Å²) in [6.45, 7) is 17.3. The van der Waals surface area contributed by atoms with E-state index in [-0.39, 0.29) is 10.8 Å². The van der Waals surface area contributed by atoms with Crippen LogP contribution >= 0.6 is 0 Å². The van der Waals surface area contributed by atoms with Gasteiger partial charge in [-0.2, -0.15) is 0 Å². The zero-order valence-corrected chi connectivity index (χ0v) is 18.3. The van der Waals surface area contributed by atoms with E-state index in [1.54, 1.807) is 12.5 Å². The Morgan fingerprint density at radius 3 is 1.63 bits per heavy atom. The largest absolute Gasteiger partial charge is 0.501 e. The minimum Gasteiger partial charge on any atom is -0.501 e. The predicted octanol–water partition coefficient (Wildman–Crippen LogP) is 6.00. The van der Waals surface area contributed by atoms with Crippen LogP contribution in [0.4, 0.5) is 0 Å². The average molecular weight is 415 g/mol. The lowest BCUT2D eigenvalue weighted by atomic mass is 9.74. The normalized spacial score (nSPS) is 30.7. The fourth-order valence-electron chi connectivity index (χ4n) is 6.28. The number of hydrogen-bond donors (Lipinski definition) is 0. The van der Waals surface area contributed by atoms with Gasteiger partial charge < -0.3 is 18.9 Å². The highest BCUT2D eigenvalue weighted by molar-refractivity contribution is 5.16. The molecule has 0 aromatic rings. The van der Waals surface area contributed by atoms with Crippen LogP contribution in [0.5, 0.6) is 0 Å². The lowest BCUT2D eigenvalue weighted by molar-refractivity contribution is -0.00297. The molecule has 4 rings (SSSR count). The van der Waals surface area contributed by atoms with Crippen LogP contribution in [0, 0.1) is 34.5 Å². The summed E-state index contributed by atoms with van der Waals surface area (Å²) in [5.74, 6) is 3.00. The van der Waals surface area contributed by atoms with Crippen molar-refractivity contribution in [3.05, 3.63) is 63.5 Å². The summed E-state index contributed by atoms with van der Waals surface area (Å²) in [6.07, 6.45) is 18.5. The minimum atomic E-state index is 0.141. The van der Waals surface area contributed by atoms with Gasteiger partial charge in [-0.25, -0.2) is 0 Å². The lowest BCUT2D eigenvalue weighted by Gasteiger charge is -2.36. The van der Waals surface area contributed by atoms with Crippen LogP contribution < -0.4 is 0 Å². The summed E-state index contributed by atoms with van der Waals surface area (Å²) < 4.78 is 21.6. The van der Waals surface area contributed by atoms with E-state index in [0.717, 1.165) is 37.4 Å². The summed E-state index contributed by atoms with van der Waals surface area (Å²) in [7, 11) is 0. The Kier molecular flexibility index (Phi) is 7.74. The smallest absolute Gasteiger partial charge is 0.0967 e. The van der Waals surface area contributed by atoms with Crippen molar-refractivity contribution in [3.63, 3.8) is 0 Å². The van der Waals surface area contributed by atoms with E-state index in [1.807, 2.05) is 0 Å². The molecule has 0 aromatic heterocycles. The van der Waals surface area contributed by atoms with Crippen LogP contribution in [0.15, 0.2) is 63.5 Å². The van der Waals surface area contributed by atoms with Gasteiger partial charge in [0, 0.05) is 10.8 Å². The van der Waals surface area contributed by atoms with Crippen LogP contribution in [0.3, 0.4) is 0 Å². The molecular weight excluding hydrogens is 376 g/mol. The highest BCUT2D eigenvalue weighted by atomic mass is 16.5. The molecule has 0 heterocycles. The summed E-state index contributed by atoms with van der Waals surface area (Å²) in [5.41, 5.74) is 0.368. The molecule has 0 N–H and O–H groups in total. The standard InChI is InChI=1S/C13H20O2.C13H18O2/c2*1-3-14-9-13(10-15-4-2)8-11-5-6-12(13)7-11/h3-4,11-12H,1-2,5-10H2;3-6,11-12H,1-2,7-10H2. The maximum absolute atomic E-state index is 5.42. The number of allylic oxidation sites excluding steroid dienone is 2. The summed E-state index contributed by atoms with van der Waals surface area (Å²) in [6, 6.07) is 0. The van der Waals surface area contributed by atoms with Crippen LogP contribution in [-0.4, -0.2) is 26.4 Å². The maximum Gasteiger partial charge on any atom is 0.0967 e. The number of hydrogen-bond acceptors (Lipinski definition) is 4. The van der Waals surface area contributed by atoms with Crippen molar-refractivity contribution in [1.82, 2.24) is 0 Å². The van der Waals surface area contributed by atoms with Crippen molar-refractivity contribution in [2.45, 2.75) is 38.5 Å². The molecule has 4 nitrogen and oxygen atoms in total. The molecule has 0 aliphatic heterocycles. The van der Waals surface area contributed by atoms with Gasteiger partial charge in [0.15, 0.2) is 0 Å². The van der Waals surface area contributed by atoms with Gasteiger partial charge in [-0.1, -0.05) is 44.9 Å². The first-order valence-electron chi connectivity index (χ1n) is 11.2. The Hall–Kier alpha value is -2.10. The predicted molar refractivity (Wildman–Crippen MR) is 120 cm³/mol. The molecule has 0 radical (unpaired) electrons. The molecule has 4 heteroatoms. The van der Waals surface area contributed by atoms with Gasteiger partial charge in [0.1, 0.15) is 0 Å². The van der Waals surface area contributed by atoms with Crippen LogP contribution in [0.1, 0.15) is 38.5 Å². The molecule has 0 saturated heterocycles. The van der Waals surface area contributed by atoms with E-state index in [0.29, 0.717) is 19.1 Å². The highest BCUT2D eigenvalue weighted by Gasteiger charge is 2.52. The second-order valence-electron chi connectivity index (χ2n) is 9.41. The summed E-state index contributed by atoms with van der Waals surface area (Å²) >= 11 is 0. The third-order valence-electron chi connectivity index (χ3n) is 7.68. The molecule has 3 saturated carbocycles. The molecule has 0 spiro atoms. The van der Waals surface area contributed by atoms with Gasteiger partial charge in [-0.15, -0.1) is 0 Å². The first-order valence-corrected chi connectivity index (χ1v) is 11.2. The van der Waals surface area contributed by atoms with Gasteiger partial charge >= 0.3 is 0 Å². The second kappa shape index (κ2) is 10.3. The van der Waals surface area contributed by atoms with E-state index >= 15 is 0 Å². The fraction of sp³-hybridized carbons (Fsp3) is 0.615. The lowest BCUT2D eigenvalue weighted by Crippen LogP contribution is -2.36. The number of fused-ring (bicyclic) bond motifs is 4. The summed E-state index contributed by atoms with van der Waals surface area (Å²) in [5, 5.41) is 0. The topological polar surface area (TPSA) is 36.9 Å². The van der Waals surface area contributed by atoms with Crippen molar-refractivity contribution in [3.8, 4) is 0 Å². The maximum atomic E-state index is 5.42. The Morgan fingerprint density at radius 2 is 1.27 bits per heavy atom. The second-order valence-corrected chi connectivity index (χ2v) is 9.41. The number of rotatable bonds is 12. The van der Waals surface area contributed by atoms with Crippen LogP contribution in [-0.2, 0) is 18.9 Å². The zero-order chi connectivity index (χ0) is 21.5. The number of ether oxygens (including phenoxy) is 4. The Morgan fingerprint density at radius 1 is 0.700 bits per heavy atom. The van der Waals surface area contributed by atoms with Crippen molar-refractivity contribution < 1.29 is 18.9 Å². The van der Waals surface area contributed by atoms with E-state index < -0.39 is 0 Å². The van der Waals surface area contributed by atoms with Crippen molar-refractivity contribution in [2.75, 3.05) is 26.4 Å². The molecule has 4 unspecified atom stereocenters. The highest BCUT2D eigenvalue weighted by Crippen LogP contribution is 2.56. The van der Waals surface area contributed by atoms with Gasteiger partial charge in [-0.05, 0) is 55.8 Å². The van der Waals surface area contributed by atoms with E-state index in [1.165, 1.54) is 44.6 Å². The fourth-order valence-corrected chi connectivity index (χ4v) is 6.28. The van der Waals surface area contributed by atoms with Crippen LogP contribution in [0.2, 0.25) is 0 Å². The van der Waals surface area contributed by atoms with Crippen LogP contribution in [0.25, 0.3) is 0 Å². The Labute approximate surface area is 182 Å². The third kappa shape index (κ3) is 4.79. The van der Waals surface area contributed by atoms with E-state index in [2.05, 4.69) is 38.5 Å². The van der Waals surface area contributed by atoms with Crippen molar-refractivity contribution in [2.24, 2.45) is 34.5 Å². The van der Waals surface area contributed by atoms with E-state index in [4.69, 9.17) is 18.9 Å². The third-order valence-corrected chi connectivity index (χ3v) is 7.68. The molecule has 4 aliphatic rings. The first kappa shape index (κ1) is 22.6. The molecule has 30 heavy (non-hydrogen) atoms. The first-order chi connectivity index (χ1) is 14.6. The molecule has 0 amide bonds. The molecule has 166 valence electrons. The molecule has 4 bridgehead atoms. The zero-order valence-electron chi connectivity index (χ0n) is 18.3. The van der Waals surface area contributed by atoms with Gasteiger partial charge in [-0.3, -0.25) is 0 Å². The summed E-state index contributed by atoms with van der Waals surface area (Å²) in [4.78, 5) is 0. The average Bonchev–Trinajstić information content (AvgIpc) is 3.55. The quantitative estimate of drug-likeness (QED) is 0.290. The van der Waals surface area contributed by atoms with E-state index in [9.17, 15) is 0 Å². The van der Waals surface area contributed by atoms with Gasteiger partial charge in [0.2, 0.25) is 0 Å².